The van der Waals surface area contributed by atoms with Gasteiger partial charge in [0.05, 0.1) is 13.7 Å². The standard InChI is InChI=1S/C13H19N3O4/c1-4-8-16(9-11(17)20-5-2)10-6-7-14-12(15-10)13(18)19-3/h6-7H,4-5,8-9H2,1-3H3. The number of anilines is 1. The van der Waals surface area contributed by atoms with Crippen molar-refractivity contribution >= 4 is 17.8 Å². The first-order chi connectivity index (χ1) is 9.62. The van der Waals surface area contributed by atoms with E-state index in [0.717, 1.165) is 6.42 Å². The summed E-state index contributed by atoms with van der Waals surface area (Å²) in [5.74, 6) is -0.483. The van der Waals surface area contributed by atoms with E-state index in [1.165, 1.54) is 13.3 Å². The Morgan fingerprint density at radius 3 is 2.70 bits per heavy atom. The van der Waals surface area contributed by atoms with E-state index in [1.54, 1.807) is 17.9 Å². The highest BCUT2D eigenvalue weighted by Crippen LogP contribution is 2.11. The fourth-order valence-electron chi connectivity index (χ4n) is 1.62. The van der Waals surface area contributed by atoms with Crippen LogP contribution in [0.1, 0.15) is 30.9 Å². The molecule has 7 nitrogen and oxygen atoms in total. The van der Waals surface area contributed by atoms with Crippen molar-refractivity contribution in [3.8, 4) is 0 Å². The summed E-state index contributed by atoms with van der Waals surface area (Å²) in [7, 11) is 1.26. The largest absolute Gasteiger partial charge is 0.465 e. The Hall–Kier alpha value is -2.18. The number of rotatable bonds is 7. The van der Waals surface area contributed by atoms with Crippen LogP contribution in [0.2, 0.25) is 0 Å². The van der Waals surface area contributed by atoms with E-state index in [1.807, 2.05) is 6.92 Å². The average Bonchev–Trinajstić information content (AvgIpc) is 2.46. The third kappa shape index (κ3) is 4.49. The third-order valence-corrected chi connectivity index (χ3v) is 2.45. The van der Waals surface area contributed by atoms with Crippen molar-refractivity contribution in [1.29, 1.82) is 0 Å². The molecule has 1 aromatic heterocycles. The Bertz CT molecular complexity index is 465. The van der Waals surface area contributed by atoms with Crippen molar-refractivity contribution in [2.45, 2.75) is 20.3 Å². The SMILES string of the molecule is CCCN(CC(=O)OCC)c1ccnc(C(=O)OC)n1. The van der Waals surface area contributed by atoms with E-state index in [0.29, 0.717) is 19.0 Å². The highest BCUT2D eigenvalue weighted by Gasteiger charge is 2.16. The highest BCUT2D eigenvalue weighted by molar-refractivity contribution is 5.85. The van der Waals surface area contributed by atoms with Crippen molar-refractivity contribution in [2.24, 2.45) is 0 Å². The minimum absolute atomic E-state index is 0.0324. The van der Waals surface area contributed by atoms with Gasteiger partial charge in [-0.25, -0.2) is 14.8 Å². The number of hydrogen-bond acceptors (Lipinski definition) is 7. The smallest absolute Gasteiger partial charge is 0.376 e. The highest BCUT2D eigenvalue weighted by atomic mass is 16.5. The van der Waals surface area contributed by atoms with Gasteiger partial charge in [-0.3, -0.25) is 4.79 Å². The van der Waals surface area contributed by atoms with Gasteiger partial charge < -0.3 is 14.4 Å². The predicted molar refractivity (Wildman–Crippen MR) is 72.5 cm³/mol. The summed E-state index contributed by atoms with van der Waals surface area (Å²) in [6.45, 7) is 4.77. The fourth-order valence-corrected chi connectivity index (χ4v) is 1.62. The minimum Gasteiger partial charge on any atom is -0.465 e. The summed E-state index contributed by atoms with van der Waals surface area (Å²) >= 11 is 0. The molecule has 0 aliphatic carbocycles. The van der Waals surface area contributed by atoms with Gasteiger partial charge >= 0.3 is 11.9 Å². The summed E-state index contributed by atoms with van der Waals surface area (Å²) in [6.07, 6.45) is 2.29. The summed E-state index contributed by atoms with van der Waals surface area (Å²) in [4.78, 5) is 32.7. The van der Waals surface area contributed by atoms with Crippen molar-refractivity contribution in [2.75, 3.05) is 31.7 Å². The summed E-state index contributed by atoms with van der Waals surface area (Å²) in [5, 5.41) is 0. The molecule has 0 atom stereocenters. The number of methoxy groups -OCH3 is 1. The van der Waals surface area contributed by atoms with Gasteiger partial charge in [-0.2, -0.15) is 0 Å². The van der Waals surface area contributed by atoms with E-state index in [9.17, 15) is 9.59 Å². The molecule has 0 aliphatic heterocycles. The molecule has 0 spiro atoms. The maximum atomic E-state index is 11.6. The van der Waals surface area contributed by atoms with E-state index in [-0.39, 0.29) is 18.3 Å². The second kappa shape index (κ2) is 8.08. The fraction of sp³-hybridized carbons (Fsp3) is 0.538. The lowest BCUT2D eigenvalue weighted by atomic mass is 10.3. The molecule has 1 rings (SSSR count). The zero-order valence-corrected chi connectivity index (χ0v) is 12.0. The van der Waals surface area contributed by atoms with Crippen molar-refractivity contribution in [1.82, 2.24) is 9.97 Å². The lowest BCUT2D eigenvalue weighted by Gasteiger charge is -2.21. The van der Waals surface area contributed by atoms with Crippen molar-refractivity contribution < 1.29 is 19.1 Å². The molecule has 0 aliphatic rings. The molecule has 0 fully saturated rings. The molecule has 20 heavy (non-hydrogen) atoms. The third-order valence-electron chi connectivity index (χ3n) is 2.45. The van der Waals surface area contributed by atoms with Gasteiger partial charge in [-0.1, -0.05) is 6.92 Å². The van der Waals surface area contributed by atoms with Crippen LogP contribution in [0.25, 0.3) is 0 Å². The Balaban J connectivity index is 2.90. The van der Waals surface area contributed by atoms with Crippen molar-refractivity contribution in [3.63, 3.8) is 0 Å². The minimum atomic E-state index is -0.612. The van der Waals surface area contributed by atoms with Gasteiger partial charge in [0, 0.05) is 12.7 Å². The topological polar surface area (TPSA) is 81.6 Å². The number of carbonyl (C=O) groups excluding carboxylic acids is 2. The maximum Gasteiger partial charge on any atom is 0.376 e. The van der Waals surface area contributed by atoms with Gasteiger partial charge in [0.15, 0.2) is 0 Å². The molecule has 1 aromatic rings. The van der Waals surface area contributed by atoms with Crippen LogP contribution < -0.4 is 4.90 Å². The van der Waals surface area contributed by atoms with Gasteiger partial charge in [-0.05, 0) is 19.4 Å². The van der Waals surface area contributed by atoms with Crippen LogP contribution in [0, 0.1) is 0 Å². The predicted octanol–water partition coefficient (Wildman–Crippen LogP) is 1.04. The molecule has 0 amide bonds. The van der Waals surface area contributed by atoms with Crippen LogP contribution in [0.3, 0.4) is 0 Å². The van der Waals surface area contributed by atoms with Crippen LogP contribution in [-0.2, 0) is 14.3 Å². The summed E-state index contributed by atoms with van der Waals surface area (Å²) in [6, 6.07) is 1.64. The first-order valence-electron chi connectivity index (χ1n) is 6.44. The van der Waals surface area contributed by atoms with Crippen LogP contribution in [-0.4, -0.2) is 48.7 Å². The van der Waals surface area contributed by atoms with Crippen molar-refractivity contribution in [3.05, 3.63) is 18.1 Å². The van der Waals surface area contributed by atoms with E-state index in [2.05, 4.69) is 14.7 Å². The second-order valence-corrected chi connectivity index (χ2v) is 3.96. The molecular formula is C13H19N3O4. The van der Waals surface area contributed by atoms with Gasteiger partial charge in [0.1, 0.15) is 12.4 Å². The molecule has 0 radical (unpaired) electrons. The maximum absolute atomic E-state index is 11.6. The van der Waals surface area contributed by atoms with Crippen LogP contribution in [0.4, 0.5) is 5.82 Å². The molecular weight excluding hydrogens is 262 g/mol. The Morgan fingerprint density at radius 1 is 1.35 bits per heavy atom. The van der Waals surface area contributed by atoms with Gasteiger partial charge in [-0.15, -0.1) is 0 Å². The molecule has 0 aromatic carbocycles. The Labute approximate surface area is 117 Å². The lowest BCUT2D eigenvalue weighted by molar-refractivity contribution is -0.141. The number of nitrogens with zero attached hydrogens (tertiary/aromatic N) is 3. The molecule has 1 heterocycles. The number of aromatic nitrogens is 2. The quantitative estimate of drug-likeness (QED) is 0.691. The zero-order chi connectivity index (χ0) is 15.0. The normalized spacial score (nSPS) is 9.95. The molecule has 0 saturated heterocycles. The zero-order valence-electron chi connectivity index (χ0n) is 12.0. The van der Waals surface area contributed by atoms with Crippen LogP contribution in [0.15, 0.2) is 12.3 Å². The Kier molecular flexibility index (Phi) is 6.42. The second-order valence-electron chi connectivity index (χ2n) is 3.96. The summed E-state index contributed by atoms with van der Waals surface area (Å²) < 4.78 is 9.50. The lowest BCUT2D eigenvalue weighted by Crippen LogP contribution is -2.32. The van der Waals surface area contributed by atoms with Gasteiger partial charge in [0.2, 0.25) is 5.82 Å². The molecule has 0 unspecified atom stereocenters. The van der Waals surface area contributed by atoms with E-state index < -0.39 is 5.97 Å². The number of carbonyl (C=O) groups is 2. The number of hydrogen-bond donors (Lipinski definition) is 0. The first-order valence-corrected chi connectivity index (χ1v) is 6.44. The molecule has 0 bridgehead atoms. The Morgan fingerprint density at radius 2 is 2.10 bits per heavy atom. The monoisotopic (exact) mass is 281 g/mol. The molecule has 7 heteroatoms. The average molecular weight is 281 g/mol. The number of esters is 2. The van der Waals surface area contributed by atoms with E-state index >= 15 is 0 Å². The van der Waals surface area contributed by atoms with Crippen LogP contribution in [0.5, 0.6) is 0 Å². The summed E-state index contributed by atoms with van der Waals surface area (Å²) in [5.41, 5.74) is 0. The molecule has 110 valence electrons. The van der Waals surface area contributed by atoms with E-state index in [4.69, 9.17) is 4.74 Å². The van der Waals surface area contributed by atoms with Crippen LogP contribution >= 0.6 is 0 Å². The molecule has 0 saturated carbocycles. The first kappa shape index (κ1) is 15.9. The van der Waals surface area contributed by atoms with Gasteiger partial charge in [0.25, 0.3) is 0 Å². The molecule has 0 N–H and O–H groups in total. The number of ether oxygens (including phenoxy) is 2.